The Morgan fingerprint density at radius 1 is 1.35 bits per heavy atom. The van der Waals surface area contributed by atoms with Crippen LogP contribution in [0.5, 0.6) is 0 Å². The van der Waals surface area contributed by atoms with Crippen molar-refractivity contribution in [3.8, 4) is 11.1 Å². The van der Waals surface area contributed by atoms with Crippen LogP contribution < -0.4 is 0 Å². The highest BCUT2D eigenvalue weighted by atomic mass is 16.5. The summed E-state index contributed by atoms with van der Waals surface area (Å²) in [6, 6.07) is 10.0. The zero-order valence-corrected chi connectivity index (χ0v) is 12.5. The second-order valence-corrected chi connectivity index (χ2v) is 5.27. The van der Waals surface area contributed by atoms with Crippen molar-refractivity contribution in [3.63, 3.8) is 0 Å². The average Bonchev–Trinajstić information content (AvgIpc) is 3.21. The number of imidazole rings is 1. The van der Waals surface area contributed by atoms with E-state index in [4.69, 9.17) is 4.74 Å². The number of nitrogens with zero attached hydrogens (tertiary/aromatic N) is 3. The number of hydrogen-bond acceptors (Lipinski definition) is 4. The number of hydrogen-bond donors (Lipinski definition) is 1. The number of carbonyl (C=O) groups excluding carboxylic acids is 1. The summed E-state index contributed by atoms with van der Waals surface area (Å²) in [6.45, 7) is 0. The lowest BCUT2D eigenvalue weighted by atomic mass is 10.0. The van der Waals surface area contributed by atoms with Crippen molar-refractivity contribution in [3.05, 3.63) is 54.6 Å². The van der Waals surface area contributed by atoms with E-state index in [2.05, 4.69) is 15.1 Å². The summed E-state index contributed by atoms with van der Waals surface area (Å²) in [6.07, 6.45) is 5.48. The van der Waals surface area contributed by atoms with Gasteiger partial charge in [0.2, 0.25) is 0 Å². The van der Waals surface area contributed by atoms with Gasteiger partial charge in [-0.1, -0.05) is 12.1 Å². The molecular weight excluding hydrogens is 292 g/mol. The molecule has 0 bridgehead atoms. The van der Waals surface area contributed by atoms with Gasteiger partial charge in [-0.05, 0) is 23.8 Å². The molecule has 0 aliphatic rings. The predicted octanol–water partition coefficient (Wildman–Crippen LogP) is 2.59. The van der Waals surface area contributed by atoms with Crippen LogP contribution in [-0.4, -0.2) is 32.7 Å². The second-order valence-electron chi connectivity index (χ2n) is 5.27. The Hall–Kier alpha value is -3.15. The van der Waals surface area contributed by atoms with E-state index in [0.717, 1.165) is 33.2 Å². The van der Waals surface area contributed by atoms with Crippen molar-refractivity contribution in [2.75, 3.05) is 7.11 Å². The average molecular weight is 306 g/mol. The summed E-state index contributed by atoms with van der Waals surface area (Å²) < 4.78 is 6.50. The Morgan fingerprint density at radius 3 is 3.13 bits per heavy atom. The van der Waals surface area contributed by atoms with Crippen LogP contribution in [0.4, 0.5) is 0 Å². The highest BCUT2D eigenvalue weighted by Gasteiger charge is 2.12. The minimum absolute atomic E-state index is 0.204. The van der Waals surface area contributed by atoms with Gasteiger partial charge >= 0.3 is 5.97 Å². The van der Waals surface area contributed by atoms with E-state index in [9.17, 15) is 4.79 Å². The molecule has 6 nitrogen and oxygen atoms in total. The smallest absolute Gasteiger partial charge is 0.310 e. The van der Waals surface area contributed by atoms with Gasteiger partial charge in [-0.3, -0.25) is 4.79 Å². The van der Waals surface area contributed by atoms with Crippen LogP contribution in [0.2, 0.25) is 0 Å². The van der Waals surface area contributed by atoms with Crippen molar-refractivity contribution in [2.24, 2.45) is 0 Å². The van der Waals surface area contributed by atoms with Crippen LogP contribution in [0.25, 0.3) is 27.7 Å². The summed E-state index contributed by atoms with van der Waals surface area (Å²) in [4.78, 5) is 19.1. The molecule has 4 rings (SSSR count). The zero-order valence-electron chi connectivity index (χ0n) is 12.5. The molecule has 0 spiro atoms. The van der Waals surface area contributed by atoms with Gasteiger partial charge in [0, 0.05) is 17.3 Å². The van der Waals surface area contributed by atoms with Crippen molar-refractivity contribution in [1.29, 1.82) is 0 Å². The van der Waals surface area contributed by atoms with E-state index in [1.54, 1.807) is 17.0 Å². The normalized spacial score (nSPS) is 11.2. The first kappa shape index (κ1) is 13.5. The number of aromatic nitrogens is 4. The summed E-state index contributed by atoms with van der Waals surface area (Å²) >= 11 is 0. The predicted molar refractivity (Wildman–Crippen MR) is 86.0 cm³/mol. The third kappa shape index (κ3) is 2.24. The molecule has 0 saturated heterocycles. The van der Waals surface area contributed by atoms with Gasteiger partial charge < -0.3 is 9.72 Å². The number of rotatable bonds is 3. The molecule has 0 aliphatic carbocycles. The van der Waals surface area contributed by atoms with Gasteiger partial charge in [-0.2, -0.15) is 5.10 Å². The zero-order chi connectivity index (χ0) is 15.8. The van der Waals surface area contributed by atoms with E-state index < -0.39 is 0 Å². The van der Waals surface area contributed by atoms with Crippen LogP contribution in [0.15, 0.2) is 49.1 Å². The summed E-state index contributed by atoms with van der Waals surface area (Å²) in [7, 11) is 1.39. The topological polar surface area (TPSA) is 72.3 Å². The lowest BCUT2D eigenvalue weighted by molar-refractivity contribution is -0.139. The molecule has 1 N–H and O–H groups in total. The fraction of sp³-hybridized carbons (Fsp3) is 0.118. The molecule has 0 saturated carbocycles. The SMILES string of the molecule is COC(=O)Cc1cnn2ccc(-c3cccc4[nH]cnc34)cc12. The first-order chi connectivity index (χ1) is 11.3. The molecule has 0 radical (unpaired) electrons. The summed E-state index contributed by atoms with van der Waals surface area (Å²) in [5.41, 5.74) is 5.71. The Labute approximate surface area is 131 Å². The van der Waals surface area contributed by atoms with Crippen molar-refractivity contribution >= 4 is 22.5 Å². The Balaban J connectivity index is 1.86. The maximum atomic E-state index is 11.5. The molecule has 0 atom stereocenters. The van der Waals surface area contributed by atoms with E-state index in [1.165, 1.54) is 7.11 Å². The number of H-pyrrole nitrogens is 1. The number of fused-ring (bicyclic) bond motifs is 2. The number of pyridine rings is 1. The third-order valence-corrected chi connectivity index (χ3v) is 3.92. The fourth-order valence-electron chi connectivity index (χ4n) is 2.76. The molecule has 114 valence electrons. The van der Waals surface area contributed by atoms with Gasteiger partial charge in [0.05, 0.1) is 42.6 Å². The van der Waals surface area contributed by atoms with Crippen molar-refractivity contribution < 1.29 is 9.53 Å². The molecule has 4 aromatic rings. The Morgan fingerprint density at radius 2 is 2.26 bits per heavy atom. The lowest BCUT2D eigenvalue weighted by Gasteiger charge is -2.05. The number of methoxy groups -OCH3 is 1. The molecule has 0 unspecified atom stereocenters. The maximum absolute atomic E-state index is 11.5. The number of benzene rings is 1. The minimum Gasteiger partial charge on any atom is -0.469 e. The molecular formula is C17H14N4O2. The standard InChI is InChI=1S/C17H14N4O2/c1-23-16(22)8-12-9-20-21-6-5-11(7-15(12)21)13-3-2-4-14-17(13)19-10-18-14/h2-7,9-10H,8H2,1H3,(H,18,19). The molecule has 0 aliphatic heterocycles. The molecule has 23 heavy (non-hydrogen) atoms. The second kappa shape index (κ2) is 5.24. The first-order valence-electron chi connectivity index (χ1n) is 7.22. The number of esters is 1. The van der Waals surface area contributed by atoms with Gasteiger partial charge in [0.15, 0.2) is 0 Å². The number of carbonyl (C=O) groups is 1. The first-order valence-corrected chi connectivity index (χ1v) is 7.22. The van der Waals surface area contributed by atoms with Crippen LogP contribution in [0.3, 0.4) is 0 Å². The van der Waals surface area contributed by atoms with Crippen LogP contribution >= 0.6 is 0 Å². The molecule has 0 fully saturated rings. The lowest BCUT2D eigenvalue weighted by Crippen LogP contribution is -2.04. The van der Waals surface area contributed by atoms with E-state index in [-0.39, 0.29) is 12.4 Å². The molecule has 3 heterocycles. The molecule has 6 heteroatoms. The van der Waals surface area contributed by atoms with Gasteiger partial charge in [0.1, 0.15) is 0 Å². The van der Waals surface area contributed by atoms with E-state index >= 15 is 0 Å². The molecule has 0 amide bonds. The van der Waals surface area contributed by atoms with E-state index in [0.29, 0.717) is 0 Å². The largest absolute Gasteiger partial charge is 0.469 e. The minimum atomic E-state index is -0.278. The number of para-hydroxylation sites is 1. The van der Waals surface area contributed by atoms with Crippen LogP contribution in [-0.2, 0) is 16.0 Å². The quantitative estimate of drug-likeness (QED) is 0.591. The van der Waals surface area contributed by atoms with E-state index in [1.807, 2.05) is 36.5 Å². The Bertz CT molecular complexity index is 1020. The number of ether oxygens (including phenoxy) is 1. The van der Waals surface area contributed by atoms with Gasteiger partial charge in [-0.25, -0.2) is 9.50 Å². The monoisotopic (exact) mass is 306 g/mol. The summed E-state index contributed by atoms with van der Waals surface area (Å²) in [5, 5.41) is 4.28. The van der Waals surface area contributed by atoms with Crippen molar-refractivity contribution in [2.45, 2.75) is 6.42 Å². The van der Waals surface area contributed by atoms with Crippen molar-refractivity contribution in [1.82, 2.24) is 19.6 Å². The number of aromatic amines is 1. The van der Waals surface area contributed by atoms with Gasteiger partial charge in [0.25, 0.3) is 0 Å². The molecule has 3 aromatic heterocycles. The summed E-state index contributed by atoms with van der Waals surface area (Å²) in [5.74, 6) is -0.278. The van der Waals surface area contributed by atoms with Crippen LogP contribution in [0.1, 0.15) is 5.56 Å². The van der Waals surface area contributed by atoms with Crippen LogP contribution in [0, 0.1) is 0 Å². The number of nitrogens with one attached hydrogen (secondary N) is 1. The fourth-order valence-corrected chi connectivity index (χ4v) is 2.76. The van der Waals surface area contributed by atoms with Gasteiger partial charge in [-0.15, -0.1) is 0 Å². The third-order valence-electron chi connectivity index (χ3n) is 3.92. The Kier molecular flexibility index (Phi) is 3.08. The maximum Gasteiger partial charge on any atom is 0.310 e. The highest BCUT2D eigenvalue weighted by Crippen LogP contribution is 2.28. The molecule has 1 aromatic carbocycles. The highest BCUT2D eigenvalue weighted by molar-refractivity contribution is 5.92.